The van der Waals surface area contributed by atoms with Crippen molar-refractivity contribution in [1.29, 1.82) is 0 Å². The molecule has 128 valence electrons. The number of amides is 2. The van der Waals surface area contributed by atoms with Crippen molar-refractivity contribution in [3.05, 3.63) is 35.8 Å². The monoisotopic (exact) mass is 346 g/mol. The van der Waals surface area contributed by atoms with Crippen molar-refractivity contribution in [1.82, 2.24) is 19.6 Å². The van der Waals surface area contributed by atoms with Gasteiger partial charge in [0.05, 0.1) is 18.1 Å². The van der Waals surface area contributed by atoms with Crippen LogP contribution < -0.4 is 5.32 Å². The molecule has 0 radical (unpaired) electrons. The summed E-state index contributed by atoms with van der Waals surface area (Å²) in [6, 6.07) is 5.56. The molecule has 3 heterocycles. The number of imidazole rings is 1. The fraction of sp³-hybridized carbons (Fsp3) is 0.471. The molecule has 1 aliphatic rings. The summed E-state index contributed by atoms with van der Waals surface area (Å²) in [7, 11) is 0. The Balaban J connectivity index is 1.63. The smallest absolute Gasteiger partial charge is 0.244 e. The highest BCUT2D eigenvalue weighted by atomic mass is 32.2. The first-order valence-electron chi connectivity index (χ1n) is 8.18. The second-order valence-corrected chi connectivity index (χ2v) is 6.97. The molecular formula is C17H22N4O2S. The second-order valence-electron chi connectivity index (χ2n) is 5.97. The fourth-order valence-corrected chi connectivity index (χ4v) is 4.02. The molecule has 7 heteroatoms. The van der Waals surface area contributed by atoms with Gasteiger partial charge in [0.1, 0.15) is 11.7 Å². The molecule has 0 unspecified atom stereocenters. The molecule has 0 aliphatic carbocycles. The lowest BCUT2D eigenvalue weighted by Gasteiger charge is -2.22. The maximum atomic E-state index is 12.5. The minimum atomic E-state index is -0.368. The molecule has 0 aromatic carbocycles. The van der Waals surface area contributed by atoms with E-state index in [9.17, 15) is 9.59 Å². The van der Waals surface area contributed by atoms with Gasteiger partial charge >= 0.3 is 0 Å². The normalized spacial score (nSPS) is 17.4. The van der Waals surface area contributed by atoms with Crippen LogP contribution in [0.15, 0.2) is 24.4 Å². The number of carbonyl (C=O) groups excluding carboxylic acids is 2. The van der Waals surface area contributed by atoms with E-state index in [4.69, 9.17) is 0 Å². The van der Waals surface area contributed by atoms with E-state index in [2.05, 4.69) is 10.3 Å². The number of rotatable bonds is 5. The predicted molar refractivity (Wildman–Crippen MR) is 94.6 cm³/mol. The lowest BCUT2D eigenvalue weighted by molar-refractivity contribution is -0.138. The van der Waals surface area contributed by atoms with Gasteiger partial charge in [0.25, 0.3) is 0 Å². The number of aryl methyl sites for hydroxylation is 1. The van der Waals surface area contributed by atoms with Gasteiger partial charge < -0.3 is 14.6 Å². The molecule has 0 saturated carbocycles. The molecule has 1 saturated heterocycles. The Morgan fingerprint density at radius 1 is 1.42 bits per heavy atom. The van der Waals surface area contributed by atoms with Gasteiger partial charge in [-0.15, -0.1) is 11.8 Å². The molecule has 24 heavy (non-hydrogen) atoms. The van der Waals surface area contributed by atoms with Crippen molar-refractivity contribution in [3.8, 4) is 0 Å². The number of hydrogen-bond donors (Lipinski definition) is 1. The Morgan fingerprint density at radius 3 is 3.00 bits per heavy atom. The first-order valence-corrected chi connectivity index (χ1v) is 9.34. The topological polar surface area (TPSA) is 66.7 Å². The van der Waals surface area contributed by atoms with Crippen LogP contribution in [-0.2, 0) is 16.1 Å². The zero-order valence-corrected chi connectivity index (χ0v) is 14.8. The predicted octanol–water partition coefficient (Wildman–Crippen LogP) is 1.96. The fourth-order valence-electron chi connectivity index (χ4n) is 2.84. The van der Waals surface area contributed by atoms with Crippen molar-refractivity contribution >= 4 is 29.2 Å². The van der Waals surface area contributed by atoms with Crippen LogP contribution in [0.1, 0.15) is 31.2 Å². The average Bonchev–Trinajstić information content (AvgIpc) is 3.20. The number of thioether (sulfide) groups is 1. The van der Waals surface area contributed by atoms with E-state index >= 15 is 0 Å². The highest BCUT2D eigenvalue weighted by Gasteiger charge is 2.33. The van der Waals surface area contributed by atoms with E-state index in [-0.39, 0.29) is 17.9 Å². The highest BCUT2D eigenvalue weighted by Crippen LogP contribution is 2.22. The zero-order chi connectivity index (χ0) is 17.1. The van der Waals surface area contributed by atoms with Crippen LogP contribution in [0.2, 0.25) is 0 Å². The number of fused-ring (bicyclic) bond motifs is 1. The first-order chi connectivity index (χ1) is 11.6. The van der Waals surface area contributed by atoms with Crippen LogP contribution in [0, 0.1) is 6.92 Å². The van der Waals surface area contributed by atoms with Crippen LogP contribution in [-0.4, -0.2) is 43.8 Å². The van der Waals surface area contributed by atoms with E-state index in [0.717, 1.165) is 23.5 Å². The first kappa shape index (κ1) is 16.8. The van der Waals surface area contributed by atoms with Crippen molar-refractivity contribution < 1.29 is 9.59 Å². The van der Waals surface area contributed by atoms with Crippen LogP contribution in [0.5, 0.6) is 0 Å². The molecule has 1 N–H and O–H groups in total. The summed E-state index contributed by atoms with van der Waals surface area (Å²) < 4.78 is 2.00. The summed E-state index contributed by atoms with van der Waals surface area (Å²) in [6.07, 6.45) is 3.24. The van der Waals surface area contributed by atoms with Gasteiger partial charge in [0.2, 0.25) is 11.8 Å². The van der Waals surface area contributed by atoms with Gasteiger partial charge in [0, 0.05) is 24.1 Å². The summed E-state index contributed by atoms with van der Waals surface area (Å²) in [4.78, 5) is 30.8. The lowest BCUT2D eigenvalue weighted by Crippen LogP contribution is -2.47. The molecule has 2 aromatic rings. The Kier molecular flexibility index (Phi) is 5.08. The summed E-state index contributed by atoms with van der Waals surface area (Å²) >= 11 is 1.62. The third-order valence-electron chi connectivity index (χ3n) is 4.16. The average molecular weight is 346 g/mol. The van der Waals surface area contributed by atoms with Crippen molar-refractivity contribution in [3.63, 3.8) is 0 Å². The summed E-state index contributed by atoms with van der Waals surface area (Å²) in [5.74, 6) is 1.22. The van der Waals surface area contributed by atoms with Gasteiger partial charge in [-0.1, -0.05) is 13.0 Å². The Morgan fingerprint density at radius 2 is 2.25 bits per heavy atom. The maximum Gasteiger partial charge on any atom is 0.244 e. The minimum absolute atomic E-state index is 0.0611. The van der Waals surface area contributed by atoms with Gasteiger partial charge in [-0.2, -0.15) is 0 Å². The van der Waals surface area contributed by atoms with Gasteiger partial charge in [-0.3, -0.25) is 9.59 Å². The van der Waals surface area contributed by atoms with Crippen molar-refractivity contribution in [2.45, 2.75) is 39.3 Å². The zero-order valence-electron chi connectivity index (χ0n) is 14.0. The Hall–Kier alpha value is -2.02. The largest absolute Gasteiger partial charge is 0.349 e. The van der Waals surface area contributed by atoms with Crippen LogP contribution in [0.3, 0.4) is 0 Å². The third-order valence-corrected chi connectivity index (χ3v) is 5.17. The molecular weight excluding hydrogens is 324 g/mol. The van der Waals surface area contributed by atoms with E-state index in [1.54, 1.807) is 16.7 Å². The molecule has 2 aromatic heterocycles. The molecule has 6 nitrogen and oxygen atoms in total. The number of hydrogen-bond acceptors (Lipinski definition) is 4. The van der Waals surface area contributed by atoms with Crippen molar-refractivity contribution in [2.75, 3.05) is 11.6 Å². The van der Waals surface area contributed by atoms with E-state index in [1.165, 1.54) is 0 Å². The summed E-state index contributed by atoms with van der Waals surface area (Å²) in [5, 5.41) is 2.93. The molecule has 0 bridgehead atoms. The summed E-state index contributed by atoms with van der Waals surface area (Å²) in [5.41, 5.74) is 2.78. The number of pyridine rings is 1. The Labute approximate surface area is 145 Å². The molecule has 1 fully saturated rings. The van der Waals surface area contributed by atoms with E-state index < -0.39 is 0 Å². The van der Waals surface area contributed by atoms with Gasteiger partial charge in [0.15, 0.2) is 0 Å². The lowest BCUT2D eigenvalue weighted by atomic mass is 10.2. The molecule has 0 spiro atoms. The quantitative estimate of drug-likeness (QED) is 0.899. The van der Waals surface area contributed by atoms with E-state index in [1.807, 2.05) is 42.6 Å². The van der Waals surface area contributed by atoms with E-state index in [0.29, 0.717) is 24.6 Å². The SMILES string of the molecule is CCCC(=O)N1CSC[C@H]1C(=O)NCc1cn2c(C)cccc2n1. The number of nitrogens with one attached hydrogen (secondary N) is 1. The molecule has 2 amide bonds. The standard InChI is InChI=1S/C17H22N4O2S/c1-3-5-16(22)21-11-24-10-14(21)17(23)18-8-13-9-20-12(2)6-4-7-15(20)19-13/h4,6-7,9,14H,3,5,8,10-11H2,1-2H3,(H,18,23)/t14-/m0/s1. The molecule has 1 atom stereocenters. The van der Waals surface area contributed by atoms with Crippen LogP contribution >= 0.6 is 11.8 Å². The second kappa shape index (κ2) is 7.25. The Bertz CT molecular complexity index is 758. The third kappa shape index (κ3) is 3.40. The number of aromatic nitrogens is 2. The molecule has 1 aliphatic heterocycles. The number of carbonyl (C=O) groups is 2. The van der Waals surface area contributed by atoms with Crippen molar-refractivity contribution in [2.24, 2.45) is 0 Å². The number of nitrogens with zero attached hydrogens (tertiary/aromatic N) is 3. The highest BCUT2D eigenvalue weighted by molar-refractivity contribution is 7.99. The maximum absolute atomic E-state index is 12.5. The summed E-state index contributed by atoms with van der Waals surface area (Å²) in [6.45, 7) is 4.36. The molecule has 3 rings (SSSR count). The van der Waals surface area contributed by atoms with Crippen LogP contribution in [0.4, 0.5) is 0 Å². The van der Waals surface area contributed by atoms with Crippen LogP contribution in [0.25, 0.3) is 5.65 Å². The van der Waals surface area contributed by atoms with Gasteiger partial charge in [-0.25, -0.2) is 4.98 Å². The van der Waals surface area contributed by atoms with Gasteiger partial charge in [-0.05, 0) is 25.5 Å². The minimum Gasteiger partial charge on any atom is -0.349 e.